The van der Waals surface area contributed by atoms with Gasteiger partial charge in [0.1, 0.15) is 17.4 Å². The van der Waals surface area contributed by atoms with Crippen LogP contribution < -0.4 is 10.3 Å². The van der Waals surface area contributed by atoms with Crippen LogP contribution in [0.2, 0.25) is 0 Å². The lowest BCUT2D eigenvalue weighted by atomic mass is 9.97. The molecule has 6 heteroatoms. The molecule has 0 aliphatic heterocycles. The number of aromatic nitrogens is 1. The molecular weight excluding hydrogens is 344 g/mol. The average molecular weight is 366 g/mol. The van der Waals surface area contributed by atoms with Gasteiger partial charge in [0, 0.05) is 12.1 Å². The van der Waals surface area contributed by atoms with Gasteiger partial charge < -0.3 is 9.84 Å². The van der Waals surface area contributed by atoms with Gasteiger partial charge in [-0.15, -0.1) is 6.58 Å². The fraction of sp³-hybridized carbons (Fsp3) is 0.286. The van der Waals surface area contributed by atoms with Gasteiger partial charge in [-0.05, 0) is 43.2 Å². The number of nitrogens with zero attached hydrogens (tertiary/aromatic N) is 2. The van der Waals surface area contributed by atoms with Gasteiger partial charge in [-0.2, -0.15) is 5.26 Å². The summed E-state index contributed by atoms with van der Waals surface area (Å²) in [4.78, 5) is 25.3. The third-order valence-electron chi connectivity index (χ3n) is 4.22. The highest BCUT2D eigenvalue weighted by Crippen LogP contribution is 2.25. The van der Waals surface area contributed by atoms with Gasteiger partial charge >= 0.3 is 0 Å². The Bertz CT molecular complexity index is 950. The van der Waals surface area contributed by atoms with E-state index in [1.807, 2.05) is 6.07 Å². The van der Waals surface area contributed by atoms with E-state index in [-0.39, 0.29) is 23.2 Å². The number of nitriles is 1. The lowest BCUT2D eigenvalue weighted by Gasteiger charge is -2.14. The van der Waals surface area contributed by atoms with Crippen LogP contribution in [0.25, 0.3) is 0 Å². The predicted molar refractivity (Wildman–Crippen MR) is 102 cm³/mol. The second-order valence-electron chi connectivity index (χ2n) is 6.07. The maximum absolute atomic E-state index is 12.9. The molecule has 0 aliphatic carbocycles. The average Bonchev–Trinajstić information content (AvgIpc) is 2.66. The normalized spacial score (nSPS) is 10.3. The number of aromatic hydroxyl groups is 1. The minimum atomic E-state index is -0.649. The van der Waals surface area contributed by atoms with Crippen molar-refractivity contribution in [2.24, 2.45) is 0 Å². The first-order valence-electron chi connectivity index (χ1n) is 8.71. The monoisotopic (exact) mass is 366 g/mol. The lowest BCUT2D eigenvalue weighted by molar-refractivity contribution is 0.103. The maximum Gasteiger partial charge on any atom is 0.271 e. The molecule has 1 aromatic heterocycles. The van der Waals surface area contributed by atoms with Crippen molar-refractivity contribution in [2.75, 3.05) is 6.61 Å². The lowest BCUT2D eigenvalue weighted by Crippen LogP contribution is -2.26. The van der Waals surface area contributed by atoms with Crippen LogP contribution in [-0.2, 0) is 6.54 Å². The molecule has 0 fully saturated rings. The predicted octanol–water partition coefficient (Wildman–Crippen LogP) is 3.33. The van der Waals surface area contributed by atoms with Gasteiger partial charge in [0.05, 0.1) is 12.2 Å². The number of carbonyl (C=O) groups is 1. The van der Waals surface area contributed by atoms with Crippen molar-refractivity contribution in [3.05, 3.63) is 69.5 Å². The van der Waals surface area contributed by atoms with E-state index in [9.17, 15) is 20.0 Å². The molecule has 0 unspecified atom stereocenters. The molecule has 0 spiro atoms. The van der Waals surface area contributed by atoms with E-state index < -0.39 is 17.2 Å². The van der Waals surface area contributed by atoms with Crippen molar-refractivity contribution in [3.8, 4) is 17.7 Å². The molecule has 0 saturated carbocycles. The Morgan fingerprint density at radius 3 is 2.59 bits per heavy atom. The Morgan fingerprint density at radius 1 is 1.37 bits per heavy atom. The third-order valence-corrected chi connectivity index (χ3v) is 4.22. The van der Waals surface area contributed by atoms with Crippen molar-refractivity contribution >= 4 is 5.78 Å². The van der Waals surface area contributed by atoms with Gasteiger partial charge in [-0.3, -0.25) is 14.2 Å². The molecule has 1 N–H and O–H groups in total. The minimum Gasteiger partial charge on any atom is -0.494 e. The number of hydrogen-bond donors (Lipinski definition) is 1. The first-order valence-corrected chi connectivity index (χ1v) is 8.71. The summed E-state index contributed by atoms with van der Waals surface area (Å²) in [6.45, 7) is 7.68. The van der Waals surface area contributed by atoms with Crippen molar-refractivity contribution in [1.82, 2.24) is 4.57 Å². The van der Waals surface area contributed by atoms with E-state index in [4.69, 9.17) is 4.74 Å². The van der Waals surface area contributed by atoms with Gasteiger partial charge in [0.25, 0.3) is 5.56 Å². The molecule has 0 amide bonds. The van der Waals surface area contributed by atoms with Crippen LogP contribution in [0.15, 0.2) is 41.7 Å². The highest BCUT2D eigenvalue weighted by Gasteiger charge is 2.24. The molecular formula is C21H22N2O4. The zero-order valence-electron chi connectivity index (χ0n) is 15.5. The van der Waals surface area contributed by atoms with Crippen LogP contribution in [0.1, 0.15) is 46.8 Å². The summed E-state index contributed by atoms with van der Waals surface area (Å²) >= 11 is 0. The van der Waals surface area contributed by atoms with E-state index >= 15 is 0 Å². The van der Waals surface area contributed by atoms with Gasteiger partial charge in [0.2, 0.25) is 5.88 Å². The van der Waals surface area contributed by atoms with E-state index in [0.717, 1.165) is 17.4 Å². The molecule has 1 aromatic carbocycles. The number of ketones is 1. The molecule has 0 radical (unpaired) electrons. The van der Waals surface area contributed by atoms with E-state index in [2.05, 4.69) is 13.5 Å². The fourth-order valence-electron chi connectivity index (χ4n) is 2.70. The number of carbonyl (C=O) groups excluding carboxylic acids is 1. The number of unbranched alkanes of at least 4 members (excludes halogenated alkanes) is 1. The highest BCUT2D eigenvalue weighted by molar-refractivity contribution is 6.11. The SMILES string of the molecule is C=CCn1c(O)c(C(=O)c2ccc(OCCCC)cc2)c(C)c(C#N)c1=O. The molecule has 2 rings (SSSR count). The molecule has 0 aliphatic rings. The summed E-state index contributed by atoms with van der Waals surface area (Å²) in [5.41, 5.74) is -0.397. The second-order valence-corrected chi connectivity index (χ2v) is 6.07. The highest BCUT2D eigenvalue weighted by atomic mass is 16.5. The molecule has 1 heterocycles. The number of ether oxygens (including phenoxy) is 1. The molecule has 140 valence electrons. The van der Waals surface area contributed by atoms with Gasteiger partial charge in [-0.25, -0.2) is 0 Å². The summed E-state index contributed by atoms with van der Waals surface area (Å²) in [6.07, 6.45) is 3.38. The first kappa shape index (κ1) is 20.0. The van der Waals surface area contributed by atoms with Crippen LogP contribution in [0.5, 0.6) is 11.6 Å². The van der Waals surface area contributed by atoms with Crippen molar-refractivity contribution in [2.45, 2.75) is 33.2 Å². The van der Waals surface area contributed by atoms with Crippen LogP contribution >= 0.6 is 0 Å². The Balaban J connectivity index is 2.47. The largest absolute Gasteiger partial charge is 0.494 e. The zero-order valence-corrected chi connectivity index (χ0v) is 15.5. The second kappa shape index (κ2) is 8.86. The molecule has 6 nitrogen and oxygen atoms in total. The maximum atomic E-state index is 12.9. The quantitative estimate of drug-likeness (QED) is 0.439. The number of rotatable bonds is 8. The smallest absolute Gasteiger partial charge is 0.271 e. The van der Waals surface area contributed by atoms with E-state index in [1.165, 1.54) is 13.0 Å². The summed E-state index contributed by atoms with van der Waals surface area (Å²) in [6, 6.07) is 8.37. The summed E-state index contributed by atoms with van der Waals surface area (Å²) in [5.74, 6) is -0.292. The van der Waals surface area contributed by atoms with Crippen molar-refractivity contribution < 1.29 is 14.6 Å². The zero-order chi connectivity index (χ0) is 20.0. The van der Waals surface area contributed by atoms with Gasteiger partial charge in [-0.1, -0.05) is 19.4 Å². The van der Waals surface area contributed by atoms with Crippen LogP contribution in [-0.4, -0.2) is 22.1 Å². The molecule has 0 bridgehead atoms. The summed E-state index contributed by atoms with van der Waals surface area (Å²) < 4.78 is 6.54. The summed E-state index contributed by atoms with van der Waals surface area (Å²) in [5, 5.41) is 19.8. The number of allylic oxidation sites excluding steroid dienone is 1. The van der Waals surface area contributed by atoms with Gasteiger partial charge in [0.15, 0.2) is 5.78 Å². The standard InChI is InChI=1S/C21H22N2O4/c1-4-6-12-27-16-9-7-15(8-10-16)19(24)18-14(3)17(13-22)20(25)23(11-5-2)21(18)26/h5,7-10,26H,2,4,6,11-12H2,1,3H3. The fourth-order valence-corrected chi connectivity index (χ4v) is 2.70. The first-order chi connectivity index (χ1) is 13.0. The molecule has 27 heavy (non-hydrogen) atoms. The number of hydrogen-bond acceptors (Lipinski definition) is 5. The molecule has 2 aromatic rings. The Hall–Kier alpha value is -3.33. The third kappa shape index (κ3) is 4.09. The number of benzene rings is 1. The van der Waals surface area contributed by atoms with E-state index in [1.54, 1.807) is 24.3 Å². The topological polar surface area (TPSA) is 92.3 Å². The Labute approximate surface area is 158 Å². The van der Waals surface area contributed by atoms with Crippen molar-refractivity contribution in [1.29, 1.82) is 5.26 Å². The van der Waals surface area contributed by atoms with Crippen LogP contribution in [0, 0.1) is 18.3 Å². The Kier molecular flexibility index (Phi) is 6.56. The Morgan fingerprint density at radius 2 is 2.04 bits per heavy atom. The van der Waals surface area contributed by atoms with E-state index in [0.29, 0.717) is 17.9 Å². The minimum absolute atomic E-state index is 0.00981. The molecule has 0 atom stereocenters. The van der Waals surface area contributed by atoms with Crippen LogP contribution in [0.4, 0.5) is 0 Å². The van der Waals surface area contributed by atoms with Crippen molar-refractivity contribution in [3.63, 3.8) is 0 Å². The summed E-state index contributed by atoms with van der Waals surface area (Å²) in [7, 11) is 0. The number of pyridine rings is 1. The molecule has 0 saturated heterocycles. The van der Waals surface area contributed by atoms with Crippen LogP contribution in [0.3, 0.4) is 0 Å².